The van der Waals surface area contributed by atoms with E-state index in [0.29, 0.717) is 6.54 Å². The Hall–Kier alpha value is -2.21. The Morgan fingerprint density at radius 1 is 1.33 bits per heavy atom. The van der Waals surface area contributed by atoms with Crippen LogP contribution in [-0.4, -0.2) is 57.2 Å². The molecule has 2 aromatic rings. The molecular formula is C18H25N5O. The number of carbonyl (C=O) groups is 1. The lowest BCUT2D eigenvalue weighted by Crippen LogP contribution is -2.41. The van der Waals surface area contributed by atoms with Crippen molar-refractivity contribution in [3.8, 4) is 0 Å². The van der Waals surface area contributed by atoms with Gasteiger partial charge in [0.05, 0.1) is 6.20 Å². The van der Waals surface area contributed by atoms with Gasteiger partial charge in [0, 0.05) is 39.2 Å². The Labute approximate surface area is 143 Å². The lowest BCUT2D eigenvalue weighted by molar-refractivity contribution is -0.135. The first-order valence-corrected chi connectivity index (χ1v) is 8.51. The van der Waals surface area contributed by atoms with E-state index < -0.39 is 0 Å². The SMILES string of the molecule is CN(CCc1cnn(C)c1)C(=O)[C@@H](c1cccnc1)N1CCCC1. The fourth-order valence-electron chi connectivity index (χ4n) is 3.26. The number of nitrogens with zero attached hydrogens (tertiary/aromatic N) is 5. The Balaban J connectivity index is 1.70. The number of hydrogen-bond donors (Lipinski definition) is 0. The number of likely N-dealkylation sites (N-methyl/N-ethyl adjacent to an activating group) is 1. The van der Waals surface area contributed by atoms with Crippen LogP contribution >= 0.6 is 0 Å². The largest absolute Gasteiger partial charge is 0.344 e. The summed E-state index contributed by atoms with van der Waals surface area (Å²) in [7, 11) is 3.79. The molecule has 1 atom stereocenters. The minimum atomic E-state index is -0.222. The zero-order valence-electron chi connectivity index (χ0n) is 14.4. The van der Waals surface area contributed by atoms with Gasteiger partial charge in [0.25, 0.3) is 0 Å². The first-order valence-electron chi connectivity index (χ1n) is 8.51. The third kappa shape index (κ3) is 3.82. The van der Waals surface area contributed by atoms with Crippen molar-refractivity contribution in [1.82, 2.24) is 24.6 Å². The molecule has 3 heterocycles. The molecule has 0 radical (unpaired) electrons. The minimum Gasteiger partial charge on any atom is -0.344 e. The van der Waals surface area contributed by atoms with Crippen molar-refractivity contribution in [2.45, 2.75) is 25.3 Å². The van der Waals surface area contributed by atoms with Crippen LogP contribution in [0.3, 0.4) is 0 Å². The maximum absolute atomic E-state index is 13.1. The highest BCUT2D eigenvalue weighted by molar-refractivity contribution is 5.83. The highest BCUT2D eigenvalue weighted by Gasteiger charge is 2.31. The van der Waals surface area contributed by atoms with E-state index in [9.17, 15) is 4.79 Å². The number of likely N-dealkylation sites (tertiary alicyclic amines) is 1. The molecule has 2 aromatic heterocycles. The van der Waals surface area contributed by atoms with E-state index in [1.807, 2.05) is 49.7 Å². The van der Waals surface area contributed by atoms with Crippen molar-refractivity contribution in [1.29, 1.82) is 0 Å². The molecule has 24 heavy (non-hydrogen) atoms. The monoisotopic (exact) mass is 327 g/mol. The first-order chi connectivity index (χ1) is 11.6. The van der Waals surface area contributed by atoms with Gasteiger partial charge in [0.1, 0.15) is 6.04 Å². The van der Waals surface area contributed by atoms with Crippen molar-refractivity contribution >= 4 is 5.91 Å². The number of amides is 1. The topological polar surface area (TPSA) is 54.3 Å². The van der Waals surface area contributed by atoms with Gasteiger partial charge in [-0.25, -0.2) is 0 Å². The number of aromatic nitrogens is 3. The summed E-state index contributed by atoms with van der Waals surface area (Å²) < 4.78 is 1.79. The molecule has 1 aliphatic heterocycles. The fraction of sp³-hybridized carbons (Fsp3) is 0.500. The summed E-state index contributed by atoms with van der Waals surface area (Å²) >= 11 is 0. The van der Waals surface area contributed by atoms with E-state index in [1.165, 1.54) is 0 Å². The summed E-state index contributed by atoms with van der Waals surface area (Å²) in [5.74, 6) is 0.147. The van der Waals surface area contributed by atoms with Gasteiger partial charge in [0.15, 0.2) is 0 Å². The average molecular weight is 327 g/mol. The van der Waals surface area contributed by atoms with Crippen LogP contribution in [0.1, 0.15) is 30.0 Å². The van der Waals surface area contributed by atoms with Crippen molar-refractivity contribution in [2.75, 3.05) is 26.7 Å². The Kier molecular flexibility index (Phi) is 5.25. The summed E-state index contributed by atoms with van der Waals surface area (Å²) in [6, 6.07) is 3.68. The predicted octanol–water partition coefficient (Wildman–Crippen LogP) is 1.65. The van der Waals surface area contributed by atoms with Crippen molar-refractivity contribution in [3.05, 3.63) is 48.0 Å². The highest BCUT2D eigenvalue weighted by atomic mass is 16.2. The molecule has 0 aliphatic carbocycles. The second kappa shape index (κ2) is 7.57. The number of pyridine rings is 1. The van der Waals surface area contributed by atoms with E-state index >= 15 is 0 Å². The summed E-state index contributed by atoms with van der Waals surface area (Å²) in [4.78, 5) is 21.4. The molecule has 1 amide bonds. The summed E-state index contributed by atoms with van der Waals surface area (Å²) in [6.45, 7) is 2.64. The zero-order chi connectivity index (χ0) is 16.9. The average Bonchev–Trinajstić information content (AvgIpc) is 3.26. The van der Waals surface area contributed by atoms with Crippen LogP contribution in [0.25, 0.3) is 0 Å². The van der Waals surface area contributed by atoms with Gasteiger partial charge in [-0.3, -0.25) is 19.4 Å². The first kappa shape index (κ1) is 16.6. The quantitative estimate of drug-likeness (QED) is 0.810. The van der Waals surface area contributed by atoms with Gasteiger partial charge in [0.2, 0.25) is 5.91 Å². The van der Waals surface area contributed by atoms with Gasteiger partial charge >= 0.3 is 0 Å². The molecule has 6 nitrogen and oxygen atoms in total. The van der Waals surface area contributed by atoms with E-state index in [1.54, 1.807) is 10.9 Å². The molecule has 0 spiro atoms. The zero-order valence-corrected chi connectivity index (χ0v) is 14.4. The van der Waals surface area contributed by atoms with Crippen LogP contribution in [0, 0.1) is 0 Å². The lowest BCUT2D eigenvalue weighted by atomic mass is 10.1. The minimum absolute atomic E-state index is 0.147. The maximum Gasteiger partial charge on any atom is 0.244 e. The summed E-state index contributed by atoms with van der Waals surface area (Å²) in [5, 5.41) is 4.18. The molecule has 0 bridgehead atoms. The molecule has 0 N–H and O–H groups in total. The summed E-state index contributed by atoms with van der Waals surface area (Å²) in [6.07, 6.45) is 10.6. The third-order valence-electron chi connectivity index (χ3n) is 4.61. The number of carbonyl (C=O) groups excluding carboxylic acids is 1. The van der Waals surface area contributed by atoms with Crippen LogP contribution in [0.4, 0.5) is 0 Å². The van der Waals surface area contributed by atoms with Crippen LogP contribution in [-0.2, 0) is 18.3 Å². The standard InChI is InChI=1S/C18H25N5O/c1-21(11-7-15-12-20-22(2)14-15)18(24)17(23-9-3-4-10-23)16-6-5-8-19-13-16/h5-6,8,12-14,17H,3-4,7,9-11H2,1-2H3/t17-/m1/s1. The second-order valence-corrected chi connectivity index (χ2v) is 6.46. The molecule has 0 unspecified atom stereocenters. The van der Waals surface area contributed by atoms with Gasteiger partial charge in [-0.1, -0.05) is 6.07 Å². The van der Waals surface area contributed by atoms with E-state index in [-0.39, 0.29) is 11.9 Å². The highest BCUT2D eigenvalue weighted by Crippen LogP contribution is 2.26. The van der Waals surface area contributed by atoms with E-state index in [4.69, 9.17) is 0 Å². The molecule has 1 saturated heterocycles. The van der Waals surface area contributed by atoms with Gasteiger partial charge < -0.3 is 4.90 Å². The number of aryl methyl sites for hydroxylation is 1. The molecule has 6 heteroatoms. The van der Waals surface area contributed by atoms with Gasteiger partial charge in [-0.05, 0) is 49.5 Å². The van der Waals surface area contributed by atoms with Gasteiger partial charge in [-0.15, -0.1) is 0 Å². The normalized spacial score (nSPS) is 16.2. The Morgan fingerprint density at radius 2 is 2.12 bits per heavy atom. The summed E-state index contributed by atoms with van der Waals surface area (Å²) in [5.41, 5.74) is 2.13. The van der Waals surface area contributed by atoms with Crippen LogP contribution < -0.4 is 0 Å². The lowest BCUT2D eigenvalue weighted by Gasteiger charge is -2.30. The third-order valence-corrected chi connectivity index (χ3v) is 4.61. The fourth-order valence-corrected chi connectivity index (χ4v) is 3.26. The number of hydrogen-bond acceptors (Lipinski definition) is 4. The molecule has 1 fully saturated rings. The van der Waals surface area contributed by atoms with E-state index in [2.05, 4.69) is 15.0 Å². The Bertz CT molecular complexity index is 663. The molecule has 3 rings (SSSR count). The van der Waals surface area contributed by atoms with Crippen molar-refractivity contribution in [3.63, 3.8) is 0 Å². The molecule has 128 valence electrons. The van der Waals surface area contributed by atoms with Crippen molar-refractivity contribution in [2.24, 2.45) is 7.05 Å². The van der Waals surface area contributed by atoms with Gasteiger partial charge in [-0.2, -0.15) is 5.10 Å². The second-order valence-electron chi connectivity index (χ2n) is 6.46. The smallest absolute Gasteiger partial charge is 0.244 e. The van der Waals surface area contributed by atoms with Crippen LogP contribution in [0.15, 0.2) is 36.9 Å². The maximum atomic E-state index is 13.1. The van der Waals surface area contributed by atoms with Crippen LogP contribution in [0.2, 0.25) is 0 Å². The number of rotatable bonds is 6. The molecule has 1 aliphatic rings. The predicted molar refractivity (Wildman–Crippen MR) is 92.3 cm³/mol. The molecule has 0 saturated carbocycles. The molecular weight excluding hydrogens is 302 g/mol. The molecule has 0 aromatic carbocycles. The van der Waals surface area contributed by atoms with E-state index in [0.717, 1.165) is 43.5 Å². The van der Waals surface area contributed by atoms with Crippen LogP contribution in [0.5, 0.6) is 0 Å². The Morgan fingerprint density at radius 3 is 2.75 bits per heavy atom. The van der Waals surface area contributed by atoms with Crippen molar-refractivity contribution < 1.29 is 4.79 Å².